The van der Waals surface area contributed by atoms with Gasteiger partial charge in [0.05, 0.1) is 0 Å². The second-order valence-corrected chi connectivity index (χ2v) is 8.59. The van der Waals surface area contributed by atoms with Crippen LogP contribution in [0.5, 0.6) is 0 Å². The number of amides is 1. The molecule has 0 bridgehead atoms. The third-order valence-electron chi connectivity index (χ3n) is 4.91. The molecule has 3 N–H and O–H groups in total. The van der Waals surface area contributed by atoms with Gasteiger partial charge in [0, 0.05) is 25.4 Å². The molecule has 0 aromatic heterocycles. The van der Waals surface area contributed by atoms with Crippen LogP contribution < -0.4 is 10.6 Å². The van der Waals surface area contributed by atoms with Gasteiger partial charge in [0.2, 0.25) is 0 Å². The molecule has 0 atom stereocenters. The Morgan fingerprint density at radius 1 is 0.906 bits per heavy atom. The van der Waals surface area contributed by atoms with E-state index in [1.165, 1.54) is 22.3 Å². The number of hydrogen-bond acceptors (Lipinski definition) is 4. The molecule has 3 rings (SSSR count). The average Bonchev–Trinajstić information content (AvgIpc) is 3.07. The van der Waals surface area contributed by atoms with E-state index in [4.69, 9.17) is 9.84 Å². The number of ether oxygens (including phenoxy) is 1. The van der Waals surface area contributed by atoms with E-state index in [0.29, 0.717) is 26.1 Å². The van der Waals surface area contributed by atoms with Crippen molar-refractivity contribution in [2.24, 2.45) is 5.92 Å². The number of hydrogen-bond donors (Lipinski definition) is 3. The van der Waals surface area contributed by atoms with E-state index >= 15 is 0 Å². The first-order valence-corrected chi connectivity index (χ1v) is 11.4. The second kappa shape index (κ2) is 13.5. The highest BCUT2D eigenvalue weighted by molar-refractivity contribution is 5.79. The Kier molecular flexibility index (Phi) is 10.7. The van der Waals surface area contributed by atoms with Crippen LogP contribution in [0.4, 0.5) is 4.79 Å². The van der Waals surface area contributed by atoms with Gasteiger partial charge in [-0.25, -0.2) is 4.79 Å². The third kappa shape index (κ3) is 8.35. The number of nitrogens with one attached hydrogen (secondary N) is 2. The van der Waals surface area contributed by atoms with Crippen molar-refractivity contribution in [3.05, 3.63) is 59.7 Å². The van der Waals surface area contributed by atoms with Crippen LogP contribution in [-0.4, -0.2) is 43.4 Å². The Bertz CT molecular complexity index is 818. The van der Waals surface area contributed by atoms with Gasteiger partial charge < -0.3 is 20.5 Å². The minimum Gasteiger partial charge on any atom is -0.481 e. The van der Waals surface area contributed by atoms with E-state index in [-0.39, 0.29) is 12.3 Å². The summed E-state index contributed by atoms with van der Waals surface area (Å²) in [6.45, 7) is 8.63. The Labute approximate surface area is 191 Å². The molecule has 0 aliphatic heterocycles. The number of aliphatic carboxylic acids is 1. The minimum atomic E-state index is -0.767. The van der Waals surface area contributed by atoms with Gasteiger partial charge in [0.15, 0.2) is 0 Å². The van der Waals surface area contributed by atoms with E-state index in [0.717, 1.165) is 18.9 Å². The number of carboxylic acids is 1. The first kappa shape index (κ1) is 25.4. The molecule has 0 radical (unpaired) electrons. The number of unbranched alkanes of at least 4 members (excludes halogenated alkanes) is 1. The molecule has 1 aliphatic rings. The smallest absolute Gasteiger partial charge is 0.407 e. The highest BCUT2D eigenvalue weighted by atomic mass is 16.5. The number of carbonyl (C=O) groups excluding carboxylic acids is 1. The van der Waals surface area contributed by atoms with Crippen molar-refractivity contribution in [2.75, 3.05) is 26.2 Å². The standard InChI is InChI=1S/C22H26N2O4.C4H10/c25-21(26)11-5-6-12-23-13-14-24-22(27)28-15-20-18-9-3-1-7-16(18)17-8-2-4-10-19(17)20;1-4(2)3/h1-4,7-10,20,23H,5-6,11-15H2,(H,24,27)(H,25,26);4H,1-3H3. The molecule has 6 nitrogen and oxygen atoms in total. The molecule has 1 amide bonds. The number of carboxylic acid groups (broad SMARTS) is 1. The van der Waals surface area contributed by atoms with E-state index in [1.807, 2.05) is 24.3 Å². The second-order valence-electron chi connectivity index (χ2n) is 8.59. The number of fused-ring (bicyclic) bond motifs is 3. The largest absolute Gasteiger partial charge is 0.481 e. The molecule has 0 saturated heterocycles. The zero-order chi connectivity index (χ0) is 23.3. The van der Waals surface area contributed by atoms with Crippen molar-refractivity contribution in [1.82, 2.24) is 10.6 Å². The lowest BCUT2D eigenvalue weighted by atomic mass is 9.98. The van der Waals surface area contributed by atoms with Crippen molar-refractivity contribution in [2.45, 2.75) is 46.0 Å². The first-order chi connectivity index (χ1) is 15.4. The molecule has 32 heavy (non-hydrogen) atoms. The highest BCUT2D eigenvalue weighted by Crippen LogP contribution is 2.44. The molecule has 0 unspecified atom stereocenters. The fraction of sp³-hybridized carbons (Fsp3) is 0.462. The van der Waals surface area contributed by atoms with Crippen LogP contribution in [0.1, 0.15) is 57.1 Å². The van der Waals surface area contributed by atoms with E-state index < -0.39 is 12.1 Å². The number of carbonyl (C=O) groups is 2. The first-order valence-electron chi connectivity index (χ1n) is 11.4. The summed E-state index contributed by atoms with van der Waals surface area (Å²) in [6.07, 6.45) is 1.23. The van der Waals surface area contributed by atoms with Crippen LogP contribution in [-0.2, 0) is 9.53 Å². The van der Waals surface area contributed by atoms with Gasteiger partial charge in [-0.3, -0.25) is 4.79 Å². The quantitative estimate of drug-likeness (QED) is 0.451. The van der Waals surface area contributed by atoms with E-state index in [1.54, 1.807) is 0 Å². The van der Waals surface area contributed by atoms with Crippen molar-refractivity contribution in [3.8, 4) is 11.1 Å². The number of benzene rings is 2. The number of rotatable bonds is 10. The van der Waals surface area contributed by atoms with Crippen LogP contribution >= 0.6 is 0 Å². The predicted octanol–water partition coefficient (Wildman–Crippen LogP) is 5.03. The van der Waals surface area contributed by atoms with Gasteiger partial charge in [-0.05, 0) is 47.6 Å². The molecular weight excluding hydrogens is 404 g/mol. The van der Waals surface area contributed by atoms with Crippen molar-refractivity contribution >= 4 is 12.1 Å². The Balaban J connectivity index is 0.000000837. The Morgan fingerprint density at radius 3 is 2.03 bits per heavy atom. The van der Waals surface area contributed by atoms with Crippen LogP contribution in [0.3, 0.4) is 0 Å². The molecule has 0 heterocycles. The summed E-state index contributed by atoms with van der Waals surface area (Å²) < 4.78 is 5.47. The van der Waals surface area contributed by atoms with Crippen molar-refractivity contribution in [3.63, 3.8) is 0 Å². The molecule has 6 heteroatoms. The molecule has 174 valence electrons. The fourth-order valence-corrected chi connectivity index (χ4v) is 3.55. The van der Waals surface area contributed by atoms with Gasteiger partial charge in [0.1, 0.15) is 6.61 Å². The van der Waals surface area contributed by atoms with Crippen molar-refractivity contribution in [1.29, 1.82) is 0 Å². The molecular formula is C26H36N2O4. The number of alkyl carbamates (subject to hydrolysis) is 1. The summed E-state index contributed by atoms with van der Waals surface area (Å²) >= 11 is 0. The van der Waals surface area contributed by atoms with Crippen LogP contribution in [0, 0.1) is 5.92 Å². The maximum absolute atomic E-state index is 12.0. The lowest BCUT2D eigenvalue weighted by molar-refractivity contribution is -0.137. The van der Waals surface area contributed by atoms with Gasteiger partial charge in [-0.2, -0.15) is 0 Å². The molecule has 1 aliphatic carbocycles. The molecule has 2 aromatic carbocycles. The van der Waals surface area contributed by atoms with Crippen LogP contribution in [0.25, 0.3) is 11.1 Å². The third-order valence-corrected chi connectivity index (χ3v) is 4.91. The normalized spacial score (nSPS) is 11.9. The summed E-state index contributed by atoms with van der Waals surface area (Å²) in [5.74, 6) is 0.127. The highest BCUT2D eigenvalue weighted by Gasteiger charge is 2.28. The SMILES string of the molecule is CC(C)C.O=C(O)CCCCNCCNC(=O)OCC1c2ccccc2-c2ccccc21. The lowest BCUT2D eigenvalue weighted by Crippen LogP contribution is -2.33. The zero-order valence-corrected chi connectivity index (χ0v) is 19.4. The average molecular weight is 441 g/mol. The van der Waals surface area contributed by atoms with Gasteiger partial charge in [-0.15, -0.1) is 0 Å². The van der Waals surface area contributed by atoms with Gasteiger partial charge >= 0.3 is 12.1 Å². The summed E-state index contributed by atoms with van der Waals surface area (Å²) in [5, 5.41) is 14.5. The lowest BCUT2D eigenvalue weighted by Gasteiger charge is -2.14. The monoisotopic (exact) mass is 440 g/mol. The Morgan fingerprint density at radius 2 is 1.47 bits per heavy atom. The zero-order valence-electron chi connectivity index (χ0n) is 19.4. The minimum absolute atomic E-state index is 0.0607. The van der Waals surface area contributed by atoms with Gasteiger partial charge in [0.25, 0.3) is 0 Å². The van der Waals surface area contributed by atoms with Crippen LogP contribution in [0.2, 0.25) is 0 Å². The molecule has 2 aromatic rings. The maximum atomic E-state index is 12.0. The van der Waals surface area contributed by atoms with E-state index in [9.17, 15) is 9.59 Å². The van der Waals surface area contributed by atoms with E-state index in [2.05, 4.69) is 55.7 Å². The molecule has 0 fully saturated rings. The Hall–Kier alpha value is -2.86. The van der Waals surface area contributed by atoms with Gasteiger partial charge in [-0.1, -0.05) is 69.3 Å². The summed E-state index contributed by atoms with van der Waals surface area (Å²) in [4.78, 5) is 22.4. The van der Waals surface area contributed by atoms with Crippen LogP contribution in [0.15, 0.2) is 48.5 Å². The summed E-state index contributed by atoms with van der Waals surface area (Å²) in [6, 6.07) is 16.5. The van der Waals surface area contributed by atoms with Crippen molar-refractivity contribution < 1.29 is 19.4 Å². The predicted molar refractivity (Wildman–Crippen MR) is 128 cm³/mol. The molecule has 0 spiro atoms. The maximum Gasteiger partial charge on any atom is 0.407 e. The summed E-state index contributed by atoms with van der Waals surface area (Å²) in [7, 11) is 0. The summed E-state index contributed by atoms with van der Waals surface area (Å²) in [5.41, 5.74) is 4.80. The topological polar surface area (TPSA) is 87.7 Å². The fourth-order valence-electron chi connectivity index (χ4n) is 3.55. The molecule has 0 saturated carbocycles.